The molecule has 0 radical (unpaired) electrons. The maximum absolute atomic E-state index is 14.3. The lowest BCUT2D eigenvalue weighted by Gasteiger charge is -2.40. The highest BCUT2D eigenvalue weighted by Crippen LogP contribution is 2.32. The molecule has 5 rings (SSSR count). The van der Waals surface area contributed by atoms with Gasteiger partial charge in [0.15, 0.2) is 5.78 Å². The summed E-state index contributed by atoms with van der Waals surface area (Å²) >= 11 is 0. The van der Waals surface area contributed by atoms with E-state index in [0.717, 1.165) is 27.7 Å². The number of para-hydroxylation sites is 2. The van der Waals surface area contributed by atoms with Crippen molar-refractivity contribution < 1.29 is 9.18 Å². The number of H-pyrrole nitrogens is 1. The number of hydrogen-bond donors (Lipinski definition) is 1. The van der Waals surface area contributed by atoms with Gasteiger partial charge in [-0.2, -0.15) is 0 Å². The number of fused-ring (bicyclic) bond motifs is 1. The van der Waals surface area contributed by atoms with Crippen molar-refractivity contribution in [3.63, 3.8) is 0 Å². The van der Waals surface area contributed by atoms with E-state index in [1.807, 2.05) is 73.7 Å². The molecule has 1 aliphatic heterocycles. The van der Waals surface area contributed by atoms with Gasteiger partial charge in [0.1, 0.15) is 5.82 Å². The van der Waals surface area contributed by atoms with E-state index in [-0.39, 0.29) is 17.6 Å². The fourth-order valence-electron chi connectivity index (χ4n) is 4.82. The third-order valence-corrected chi connectivity index (χ3v) is 6.38. The van der Waals surface area contributed by atoms with E-state index in [9.17, 15) is 9.18 Å². The van der Waals surface area contributed by atoms with Gasteiger partial charge in [0.25, 0.3) is 0 Å². The van der Waals surface area contributed by atoms with Gasteiger partial charge in [-0.25, -0.2) is 4.39 Å². The number of carbonyl (C=O) groups excluding carboxylic acids is 1. The molecular formula is C27H26FN3O. The minimum Gasteiger partial charge on any atom is -0.367 e. The number of aryl methyl sites for hydroxylation is 1. The molecule has 1 atom stereocenters. The zero-order valence-electron chi connectivity index (χ0n) is 18.1. The van der Waals surface area contributed by atoms with Gasteiger partial charge in [-0.15, -0.1) is 0 Å². The first-order chi connectivity index (χ1) is 15.6. The molecule has 1 saturated heterocycles. The molecule has 4 aromatic rings. The van der Waals surface area contributed by atoms with Crippen LogP contribution in [0.4, 0.5) is 10.1 Å². The number of hydrogen-bond acceptors (Lipinski definition) is 3. The molecule has 0 bridgehead atoms. The standard InChI is InChI=1S/C27H26FN3O/c1-19-25(21-11-5-7-13-23(21)29-19)27(32)26(20-9-3-2-4-10-20)31-17-15-30(16-18-31)24-14-8-6-12-22(24)28/h2-14,26,29H,15-18H2,1H3/t26-/m0/s1. The molecule has 0 spiro atoms. The lowest BCUT2D eigenvalue weighted by Crippen LogP contribution is -2.49. The average molecular weight is 428 g/mol. The predicted octanol–water partition coefficient (Wildman–Crippen LogP) is 5.36. The van der Waals surface area contributed by atoms with Crippen molar-refractivity contribution in [1.82, 2.24) is 9.88 Å². The first kappa shape index (κ1) is 20.5. The maximum atomic E-state index is 14.3. The number of aromatic amines is 1. The third kappa shape index (κ3) is 3.69. The van der Waals surface area contributed by atoms with Crippen LogP contribution in [-0.2, 0) is 0 Å². The quantitative estimate of drug-likeness (QED) is 0.436. The Kier molecular flexibility index (Phi) is 5.50. The number of carbonyl (C=O) groups is 1. The summed E-state index contributed by atoms with van der Waals surface area (Å²) in [5.74, 6) is -0.100. The van der Waals surface area contributed by atoms with Crippen LogP contribution < -0.4 is 4.90 Å². The van der Waals surface area contributed by atoms with Gasteiger partial charge in [0, 0.05) is 48.3 Å². The SMILES string of the molecule is Cc1[nH]c2ccccc2c1C(=O)[C@H](c1ccccc1)N1CCN(c2ccccc2F)CC1. The second kappa shape index (κ2) is 8.60. The van der Waals surface area contributed by atoms with Crippen molar-refractivity contribution in [2.45, 2.75) is 13.0 Å². The van der Waals surface area contributed by atoms with Crippen molar-refractivity contribution in [2.75, 3.05) is 31.1 Å². The minimum atomic E-state index is -0.378. The Morgan fingerprint density at radius 1 is 0.875 bits per heavy atom. The van der Waals surface area contributed by atoms with Crippen LogP contribution in [0.25, 0.3) is 10.9 Å². The molecule has 1 aromatic heterocycles. The highest BCUT2D eigenvalue weighted by molar-refractivity contribution is 6.11. The molecule has 162 valence electrons. The van der Waals surface area contributed by atoms with Crippen molar-refractivity contribution in [3.8, 4) is 0 Å². The average Bonchev–Trinajstić information content (AvgIpc) is 3.16. The van der Waals surface area contributed by atoms with Crippen molar-refractivity contribution in [2.24, 2.45) is 0 Å². The highest BCUT2D eigenvalue weighted by Gasteiger charge is 2.33. The van der Waals surface area contributed by atoms with E-state index in [0.29, 0.717) is 31.9 Å². The van der Waals surface area contributed by atoms with Gasteiger partial charge < -0.3 is 9.88 Å². The van der Waals surface area contributed by atoms with Crippen LogP contribution in [-0.4, -0.2) is 41.8 Å². The van der Waals surface area contributed by atoms with E-state index >= 15 is 0 Å². The summed E-state index contributed by atoms with van der Waals surface area (Å²) in [4.78, 5) is 21.7. The van der Waals surface area contributed by atoms with Crippen LogP contribution in [0.3, 0.4) is 0 Å². The van der Waals surface area contributed by atoms with Crippen LogP contribution in [0.15, 0.2) is 78.9 Å². The van der Waals surface area contributed by atoms with Gasteiger partial charge in [0.05, 0.1) is 11.7 Å². The smallest absolute Gasteiger partial charge is 0.186 e. The fourth-order valence-corrected chi connectivity index (χ4v) is 4.82. The first-order valence-corrected chi connectivity index (χ1v) is 11.0. The van der Waals surface area contributed by atoms with Crippen LogP contribution in [0.1, 0.15) is 27.7 Å². The maximum Gasteiger partial charge on any atom is 0.186 e. The minimum absolute atomic E-state index is 0.102. The lowest BCUT2D eigenvalue weighted by molar-refractivity contribution is 0.0807. The number of nitrogens with one attached hydrogen (secondary N) is 1. The van der Waals surface area contributed by atoms with E-state index in [2.05, 4.69) is 14.8 Å². The highest BCUT2D eigenvalue weighted by atomic mass is 19.1. The first-order valence-electron chi connectivity index (χ1n) is 11.0. The zero-order valence-corrected chi connectivity index (χ0v) is 18.1. The second-order valence-electron chi connectivity index (χ2n) is 8.32. The Labute approximate surface area is 187 Å². The third-order valence-electron chi connectivity index (χ3n) is 6.38. The number of rotatable bonds is 5. The molecule has 1 N–H and O–H groups in total. The number of nitrogens with zero attached hydrogens (tertiary/aromatic N) is 2. The van der Waals surface area contributed by atoms with E-state index in [1.165, 1.54) is 6.07 Å². The normalized spacial score (nSPS) is 15.8. The van der Waals surface area contributed by atoms with E-state index in [4.69, 9.17) is 0 Å². The van der Waals surface area contributed by atoms with Gasteiger partial charge in [0.2, 0.25) is 0 Å². The van der Waals surface area contributed by atoms with Gasteiger partial charge >= 0.3 is 0 Å². The summed E-state index contributed by atoms with van der Waals surface area (Å²) in [6, 6.07) is 24.4. The Balaban J connectivity index is 1.47. The number of benzene rings is 3. The number of anilines is 1. The van der Waals surface area contributed by atoms with Crippen molar-refractivity contribution in [3.05, 3.63) is 102 Å². The number of piperazine rings is 1. The molecule has 0 unspecified atom stereocenters. The Hall–Kier alpha value is -3.44. The van der Waals surface area contributed by atoms with Crippen molar-refractivity contribution >= 4 is 22.4 Å². The molecular weight excluding hydrogens is 401 g/mol. The number of aromatic nitrogens is 1. The Bertz CT molecular complexity index is 1240. The van der Waals surface area contributed by atoms with Crippen molar-refractivity contribution in [1.29, 1.82) is 0 Å². The predicted molar refractivity (Wildman–Crippen MR) is 127 cm³/mol. The summed E-state index contributed by atoms with van der Waals surface area (Å²) < 4.78 is 14.3. The van der Waals surface area contributed by atoms with Gasteiger partial charge in [-0.05, 0) is 30.7 Å². The largest absolute Gasteiger partial charge is 0.367 e. The molecule has 5 heteroatoms. The van der Waals surface area contributed by atoms with E-state index < -0.39 is 0 Å². The monoisotopic (exact) mass is 427 g/mol. The summed E-state index contributed by atoms with van der Waals surface area (Å²) in [7, 11) is 0. The summed E-state index contributed by atoms with van der Waals surface area (Å²) in [6.07, 6.45) is 0. The van der Waals surface area contributed by atoms with Crippen LogP contribution in [0, 0.1) is 12.7 Å². The molecule has 1 aliphatic rings. The number of Topliss-reactive ketones (excluding diaryl/α,β-unsaturated/α-hetero) is 1. The molecule has 32 heavy (non-hydrogen) atoms. The van der Waals surface area contributed by atoms with E-state index in [1.54, 1.807) is 6.07 Å². The summed E-state index contributed by atoms with van der Waals surface area (Å²) in [5, 5.41) is 0.959. The second-order valence-corrected chi connectivity index (χ2v) is 8.32. The fraction of sp³-hybridized carbons (Fsp3) is 0.222. The van der Waals surface area contributed by atoms with Crippen LogP contribution in [0.5, 0.6) is 0 Å². The molecule has 0 saturated carbocycles. The lowest BCUT2D eigenvalue weighted by atomic mass is 9.93. The molecule has 3 aromatic carbocycles. The van der Waals surface area contributed by atoms with Crippen LogP contribution in [0.2, 0.25) is 0 Å². The van der Waals surface area contributed by atoms with Gasteiger partial charge in [-0.1, -0.05) is 60.7 Å². The molecule has 4 nitrogen and oxygen atoms in total. The molecule has 0 aliphatic carbocycles. The summed E-state index contributed by atoms with van der Waals surface area (Å²) in [5.41, 5.74) is 4.24. The molecule has 2 heterocycles. The number of ketones is 1. The van der Waals surface area contributed by atoms with Gasteiger partial charge in [-0.3, -0.25) is 9.69 Å². The molecule has 0 amide bonds. The van der Waals surface area contributed by atoms with Crippen LogP contribution >= 0.6 is 0 Å². The Morgan fingerprint density at radius 3 is 2.28 bits per heavy atom. The molecule has 1 fully saturated rings. The Morgan fingerprint density at radius 2 is 1.53 bits per heavy atom. The zero-order chi connectivity index (χ0) is 22.1. The topological polar surface area (TPSA) is 39.3 Å². The number of halogens is 1. The summed E-state index contributed by atoms with van der Waals surface area (Å²) in [6.45, 7) is 4.67.